The molecule has 0 saturated carbocycles. The van der Waals surface area contributed by atoms with Gasteiger partial charge >= 0.3 is 0 Å². The Morgan fingerprint density at radius 3 is 3.00 bits per heavy atom. The Morgan fingerprint density at radius 1 is 1.50 bits per heavy atom. The summed E-state index contributed by atoms with van der Waals surface area (Å²) in [5, 5.41) is 0.553. The monoisotopic (exact) mass is 251 g/mol. The number of fused-ring (bicyclic) bond motifs is 1. The number of rotatable bonds is 5. The Bertz CT molecular complexity index is 564. The van der Waals surface area contributed by atoms with Crippen LogP contribution < -0.4 is 5.73 Å². The minimum atomic E-state index is -0.671. The predicted molar refractivity (Wildman–Crippen MR) is 65.0 cm³/mol. The summed E-state index contributed by atoms with van der Waals surface area (Å²) < 4.78 is 23.2. The lowest BCUT2D eigenvalue weighted by atomic mass is 10.1. The van der Waals surface area contributed by atoms with Gasteiger partial charge in [0.2, 0.25) is 5.78 Å². The molecular formula is C13H14FNO3. The molecule has 0 fully saturated rings. The van der Waals surface area contributed by atoms with E-state index in [0.29, 0.717) is 24.0 Å². The molecule has 2 N–H and O–H groups in total. The van der Waals surface area contributed by atoms with Gasteiger partial charge in [-0.05, 0) is 30.7 Å². The Labute approximate surface area is 104 Å². The number of furan rings is 1. The van der Waals surface area contributed by atoms with Crippen LogP contribution in [0.25, 0.3) is 11.0 Å². The van der Waals surface area contributed by atoms with Crippen LogP contribution in [0.4, 0.5) is 4.39 Å². The van der Waals surface area contributed by atoms with E-state index in [9.17, 15) is 9.18 Å². The van der Waals surface area contributed by atoms with Gasteiger partial charge in [-0.25, -0.2) is 4.39 Å². The molecule has 1 aromatic carbocycles. The second-order valence-electron chi connectivity index (χ2n) is 4.05. The van der Waals surface area contributed by atoms with E-state index in [1.54, 1.807) is 7.11 Å². The van der Waals surface area contributed by atoms with E-state index in [2.05, 4.69) is 0 Å². The SMILES string of the molecule is COCCC(N)C(=O)c1cc2cc(F)ccc2o1. The molecule has 0 radical (unpaired) electrons. The molecule has 0 aliphatic rings. The standard InChI is InChI=1S/C13H14FNO3/c1-17-5-4-10(15)13(16)12-7-8-6-9(14)2-3-11(8)18-12/h2-3,6-7,10H,4-5,15H2,1H3. The molecule has 4 nitrogen and oxygen atoms in total. The number of hydrogen-bond donors (Lipinski definition) is 1. The summed E-state index contributed by atoms with van der Waals surface area (Å²) in [4.78, 5) is 11.9. The first-order valence-electron chi connectivity index (χ1n) is 5.59. The number of benzene rings is 1. The van der Waals surface area contributed by atoms with E-state index in [4.69, 9.17) is 14.9 Å². The third-order valence-electron chi connectivity index (χ3n) is 2.69. The van der Waals surface area contributed by atoms with Crippen LogP contribution in [-0.2, 0) is 4.74 Å². The number of nitrogens with two attached hydrogens (primary N) is 1. The van der Waals surface area contributed by atoms with Gasteiger partial charge in [0.15, 0.2) is 5.76 Å². The first-order valence-corrected chi connectivity index (χ1v) is 5.59. The summed E-state index contributed by atoms with van der Waals surface area (Å²) in [5.74, 6) is -0.520. The van der Waals surface area contributed by atoms with E-state index in [1.165, 1.54) is 24.3 Å². The van der Waals surface area contributed by atoms with Crippen molar-refractivity contribution in [2.45, 2.75) is 12.5 Å². The maximum absolute atomic E-state index is 13.0. The van der Waals surface area contributed by atoms with Crippen molar-refractivity contribution < 1.29 is 18.3 Å². The van der Waals surface area contributed by atoms with Gasteiger partial charge in [0.05, 0.1) is 6.04 Å². The fraction of sp³-hybridized carbons (Fsp3) is 0.308. The fourth-order valence-corrected chi connectivity index (χ4v) is 1.69. The Morgan fingerprint density at radius 2 is 2.28 bits per heavy atom. The normalized spacial score (nSPS) is 12.8. The third kappa shape index (κ3) is 2.57. The molecule has 96 valence electrons. The van der Waals surface area contributed by atoms with E-state index in [1.807, 2.05) is 0 Å². The largest absolute Gasteiger partial charge is 0.453 e. The molecule has 2 aromatic rings. The van der Waals surface area contributed by atoms with Crippen molar-refractivity contribution in [3.05, 3.63) is 35.8 Å². The van der Waals surface area contributed by atoms with Crippen molar-refractivity contribution in [1.29, 1.82) is 0 Å². The lowest BCUT2D eigenvalue weighted by Crippen LogP contribution is -2.31. The number of Topliss-reactive ketones (excluding diaryl/α,β-unsaturated/α-hetero) is 1. The molecule has 0 aliphatic heterocycles. The zero-order valence-corrected chi connectivity index (χ0v) is 9.98. The van der Waals surface area contributed by atoms with Crippen LogP contribution >= 0.6 is 0 Å². The lowest BCUT2D eigenvalue weighted by Gasteiger charge is -2.07. The van der Waals surface area contributed by atoms with Crippen molar-refractivity contribution in [2.75, 3.05) is 13.7 Å². The highest BCUT2D eigenvalue weighted by Crippen LogP contribution is 2.21. The minimum absolute atomic E-state index is 0.152. The van der Waals surface area contributed by atoms with Gasteiger partial charge in [-0.1, -0.05) is 0 Å². The van der Waals surface area contributed by atoms with Crippen molar-refractivity contribution in [3.8, 4) is 0 Å². The van der Waals surface area contributed by atoms with Crippen LogP contribution in [0.3, 0.4) is 0 Å². The zero-order chi connectivity index (χ0) is 13.1. The van der Waals surface area contributed by atoms with Crippen LogP contribution in [0.2, 0.25) is 0 Å². The first kappa shape index (κ1) is 12.7. The zero-order valence-electron chi connectivity index (χ0n) is 9.98. The number of carbonyl (C=O) groups excluding carboxylic acids is 1. The van der Waals surface area contributed by atoms with Crippen molar-refractivity contribution in [1.82, 2.24) is 0 Å². The molecule has 0 amide bonds. The minimum Gasteiger partial charge on any atom is -0.453 e. The predicted octanol–water partition coefficient (Wildman–Crippen LogP) is 2.12. The molecule has 5 heteroatoms. The van der Waals surface area contributed by atoms with Crippen LogP contribution in [0, 0.1) is 5.82 Å². The third-order valence-corrected chi connectivity index (χ3v) is 2.69. The molecule has 0 bridgehead atoms. The highest BCUT2D eigenvalue weighted by molar-refractivity contribution is 6.00. The highest BCUT2D eigenvalue weighted by atomic mass is 19.1. The summed E-state index contributed by atoms with van der Waals surface area (Å²) in [7, 11) is 1.54. The number of carbonyl (C=O) groups is 1. The summed E-state index contributed by atoms with van der Waals surface area (Å²) in [6.07, 6.45) is 0.417. The molecule has 1 atom stereocenters. The van der Waals surface area contributed by atoms with Crippen molar-refractivity contribution in [2.24, 2.45) is 5.73 Å². The highest BCUT2D eigenvalue weighted by Gasteiger charge is 2.19. The maximum Gasteiger partial charge on any atom is 0.214 e. The fourth-order valence-electron chi connectivity index (χ4n) is 1.69. The second-order valence-corrected chi connectivity index (χ2v) is 4.05. The quantitative estimate of drug-likeness (QED) is 0.826. The number of hydrogen-bond acceptors (Lipinski definition) is 4. The molecule has 0 saturated heterocycles. The number of methoxy groups -OCH3 is 1. The second kappa shape index (κ2) is 5.29. The topological polar surface area (TPSA) is 65.5 Å². The van der Waals surface area contributed by atoms with Gasteiger partial charge < -0.3 is 14.9 Å². The van der Waals surface area contributed by atoms with Crippen molar-refractivity contribution >= 4 is 16.8 Å². The summed E-state index contributed by atoms with van der Waals surface area (Å²) in [6, 6.07) is 4.92. The Balaban J connectivity index is 2.22. The maximum atomic E-state index is 13.0. The van der Waals surface area contributed by atoms with Gasteiger partial charge in [-0.3, -0.25) is 4.79 Å². The number of ketones is 1. The molecule has 18 heavy (non-hydrogen) atoms. The molecule has 2 rings (SSSR count). The van der Waals surface area contributed by atoms with E-state index >= 15 is 0 Å². The van der Waals surface area contributed by atoms with Crippen LogP contribution in [0.15, 0.2) is 28.7 Å². The average Bonchev–Trinajstić information content (AvgIpc) is 2.77. The lowest BCUT2D eigenvalue weighted by molar-refractivity contribution is 0.0910. The van der Waals surface area contributed by atoms with Gasteiger partial charge in [-0.15, -0.1) is 0 Å². The van der Waals surface area contributed by atoms with Crippen LogP contribution in [-0.4, -0.2) is 25.5 Å². The van der Waals surface area contributed by atoms with E-state index in [0.717, 1.165) is 0 Å². The first-order chi connectivity index (χ1) is 8.61. The molecule has 1 unspecified atom stereocenters. The summed E-state index contributed by atoms with van der Waals surface area (Å²) in [5.41, 5.74) is 6.19. The molecule has 0 aliphatic carbocycles. The van der Waals surface area contributed by atoms with Crippen LogP contribution in [0.5, 0.6) is 0 Å². The Hall–Kier alpha value is -1.72. The van der Waals surface area contributed by atoms with E-state index < -0.39 is 6.04 Å². The summed E-state index contributed by atoms with van der Waals surface area (Å²) >= 11 is 0. The molecule has 1 heterocycles. The van der Waals surface area contributed by atoms with Gasteiger partial charge in [0.25, 0.3) is 0 Å². The summed E-state index contributed by atoms with van der Waals surface area (Å²) in [6.45, 7) is 0.405. The molecular weight excluding hydrogens is 237 g/mol. The average molecular weight is 251 g/mol. The van der Waals surface area contributed by atoms with Crippen LogP contribution in [0.1, 0.15) is 17.0 Å². The Kier molecular flexibility index (Phi) is 3.74. The molecule has 0 spiro atoms. The van der Waals surface area contributed by atoms with E-state index in [-0.39, 0.29) is 17.4 Å². The number of halogens is 1. The molecule has 1 aromatic heterocycles. The number of ether oxygens (including phenoxy) is 1. The van der Waals surface area contributed by atoms with Gasteiger partial charge in [-0.2, -0.15) is 0 Å². The van der Waals surface area contributed by atoms with Crippen molar-refractivity contribution in [3.63, 3.8) is 0 Å². The van der Waals surface area contributed by atoms with Gasteiger partial charge in [0.1, 0.15) is 11.4 Å². The van der Waals surface area contributed by atoms with Gasteiger partial charge in [0, 0.05) is 19.1 Å². The smallest absolute Gasteiger partial charge is 0.214 e.